The SMILES string of the molecule is Cc1ccc(C(=O)C(Cc2ccccc2)C(=O)c2ccc(C)cc2)cc1. The van der Waals surface area contributed by atoms with Crippen LogP contribution < -0.4 is 0 Å². The van der Waals surface area contributed by atoms with Crippen LogP contribution in [-0.4, -0.2) is 11.6 Å². The summed E-state index contributed by atoms with van der Waals surface area (Å²) >= 11 is 0. The molecule has 0 aromatic heterocycles. The van der Waals surface area contributed by atoms with Gasteiger partial charge in [0.05, 0.1) is 5.92 Å². The number of hydrogen-bond donors (Lipinski definition) is 0. The van der Waals surface area contributed by atoms with E-state index in [-0.39, 0.29) is 11.6 Å². The lowest BCUT2D eigenvalue weighted by Gasteiger charge is -2.16. The monoisotopic (exact) mass is 342 g/mol. The topological polar surface area (TPSA) is 34.1 Å². The summed E-state index contributed by atoms with van der Waals surface area (Å²) in [5.41, 5.74) is 4.32. The number of hydrogen-bond acceptors (Lipinski definition) is 2. The van der Waals surface area contributed by atoms with E-state index in [0.29, 0.717) is 17.5 Å². The van der Waals surface area contributed by atoms with Gasteiger partial charge in [-0.3, -0.25) is 9.59 Å². The highest BCUT2D eigenvalue weighted by molar-refractivity contribution is 6.16. The lowest BCUT2D eigenvalue weighted by molar-refractivity contribution is 0.0806. The molecule has 0 bridgehead atoms. The third kappa shape index (κ3) is 4.15. The van der Waals surface area contributed by atoms with Crippen molar-refractivity contribution in [3.05, 3.63) is 107 Å². The quantitative estimate of drug-likeness (QED) is 0.454. The molecule has 3 aromatic rings. The van der Waals surface area contributed by atoms with E-state index < -0.39 is 5.92 Å². The van der Waals surface area contributed by atoms with Crippen molar-refractivity contribution in [3.63, 3.8) is 0 Å². The molecule has 0 heterocycles. The molecule has 0 saturated carbocycles. The van der Waals surface area contributed by atoms with Gasteiger partial charge < -0.3 is 0 Å². The molecule has 130 valence electrons. The van der Waals surface area contributed by atoms with E-state index >= 15 is 0 Å². The van der Waals surface area contributed by atoms with Crippen LogP contribution in [-0.2, 0) is 6.42 Å². The summed E-state index contributed by atoms with van der Waals surface area (Å²) in [4.78, 5) is 26.2. The van der Waals surface area contributed by atoms with E-state index in [1.54, 1.807) is 24.3 Å². The van der Waals surface area contributed by atoms with Crippen molar-refractivity contribution in [2.45, 2.75) is 20.3 Å². The van der Waals surface area contributed by atoms with Crippen LogP contribution in [0.15, 0.2) is 78.9 Å². The number of benzene rings is 3. The molecule has 2 heteroatoms. The van der Waals surface area contributed by atoms with Crippen LogP contribution in [0.1, 0.15) is 37.4 Å². The molecular formula is C24H22O2. The highest BCUT2D eigenvalue weighted by Gasteiger charge is 2.28. The number of carbonyl (C=O) groups excluding carboxylic acids is 2. The van der Waals surface area contributed by atoms with Crippen LogP contribution in [0.5, 0.6) is 0 Å². The molecule has 0 aliphatic heterocycles. The Labute approximate surface area is 154 Å². The van der Waals surface area contributed by atoms with Gasteiger partial charge in [-0.2, -0.15) is 0 Å². The maximum absolute atomic E-state index is 13.1. The fourth-order valence-corrected chi connectivity index (χ4v) is 2.99. The van der Waals surface area contributed by atoms with Gasteiger partial charge in [0.15, 0.2) is 11.6 Å². The molecule has 0 aliphatic carbocycles. The van der Waals surface area contributed by atoms with Crippen molar-refractivity contribution in [2.75, 3.05) is 0 Å². The number of rotatable bonds is 6. The number of ketones is 2. The largest absolute Gasteiger partial charge is 0.293 e. The Morgan fingerprint density at radius 1 is 0.654 bits per heavy atom. The lowest BCUT2D eigenvalue weighted by atomic mass is 9.85. The zero-order chi connectivity index (χ0) is 18.5. The smallest absolute Gasteiger partial charge is 0.174 e. The lowest BCUT2D eigenvalue weighted by Crippen LogP contribution is -2.26. The van der Waals surface area contributed by atoms with E-state index in [0.717, 1.165) is 16.7 Å². The Bertz CT molecular complexity index is 834. The second-order valence-corrected chi connectivity index (χ2v) is 6.70. The Hall–Kier alpha value is -3.00. The molecule has 0 aliphatic rings. The maximum atomic E-state index is 13.1. The molecule has 0 N–H and O–H groups in total. The van der Waals surface area contributed by atoms with Crippen LogP contribution in [0.4, 0.5) is 0 Å². The molecular weight excluding hydrogens is 320 g/mol. The molecule has 2 nitrogen and oxygen atoms in total. The normalized spacial score (nSPS) is 10.7. The second kappa shape index (κ2) is 7.92. The predicted octanol–water partition coefficient (Wildman–Crippen LogP) is 5.23. The third-order valence-electron chi connectivity index (χ3n) is 4.59. The zero-order valence-electron chi connectivity index (χ0n) is 15.1. The molecule has 0 fully saturated rings. The first-order valence-corrected chi connectivity index (χ1v) is 8.80. The number of carbonyl (C=O) groups is 2. The van der Waals surface area contributed by atoms with Gasteiger partial charge in [-0.15, -0.1) is 0 Å². The molecule has 0 unspecified atom stereocenters. The molecule has 3 aromatic carbocycles. The van der Waals surface area contributed by atoms with Crippen LogP contribution in [0, 0.1) is 19.8 Å². The summed E-state index contributed by atoms with van der Waals surface area (Å²) in [6.07, 6.45) is 0.403. The Morgan fingerprint density at radius 3 is 1.50 bits per heavy atom. The summed E-state index contributed by atoms with van der Waals surface area (Å²) in [5, 5.41) is 0. The highest BCUT2D eigenvalue weighted by atomic mass is 16.2. The van der Waals surface area contributed by atoms with Crippen molar-refractivity contribution in [2.24, 2.45) is 5.92 Å². The molecule has 0 atom stereocenters. The Kier molecular flexibility index (Phi) is 5.43. The zero-order valence-corrected chi connectivity index (χ0v) is 15.1. The van der Waals surface area contributed by atoms with Crippen LogP contribution >= 0.6 is 0 Å². The molecule has 0 amide bonds. The van der Waals surface area contributed by atoms with E-state index in [1.807, 2.05) is 68.4 Å². The predicted molar refractivity (Wildman–Crippen MR) is 105 cm³/mol. The average molecular weight is 342 g/mol. The van der Waals surface area contributed by atoms with Gasteiger partial charge >= 0.3 is 0 Å². The van der Waals surface area contributed by atoms with Gasteiger partial charge in [-0.1, -0.05) is 90.0 Å². The Balaban J connectivity index is 1.95. The summed E-state index contributed by atoms with van der Waals surface area (Å²) in [7, 11) is 0. The summed E-state index contributed by atoms with van der Waals surface area (Å²) < 4.78 is 0. The van der Waals surface area contributed by atoms with Gasteiger partial charge in [0.1, 0.15) is 0 Å². The van der Waals surface area contributed by atoms with Crippen molar-refractivity contribution in [1.29, 1.82) is 0 Å². The summed E-state index contributed by atoms with van der Waals surface area (Å²) in [6, 6.07) is 24.5. The van der Waals surface area contributed by atoms with Crippen molar-refractivity contribution < 1.29 is 9.59 Å². The van der Waals surface area contributed by atoms with E-state index in [4.69, 9.17) is 0 Å². The number of Topliss-reactive ketones (excluding diaryl/α,β-unsaturated/α-hetero) is 2. The fourth-order valence-electron chi connectivity index (χ4n) is 2.99. The van der Waals surface area contributed by atoms with E-state index in [1.165, 1.54) is 0 Å². The van der Waals surface area contributed by atoms with E-state index in [9.17, 15) is 9.59 Å². The van der Waals surface area contributed by atoms with Crippen molar-refractivity contribution in [3.8, 4) is 0 Å². The maximum Gasteiger partial charge on any atom is 0.174 e. The van der Waals surface area contributed by atoms with Crippen molar-refractivity contribution in [1.82, 2.24) is 0 Å². The first-order valence-electron chi connectivity index (χ1n) is 8.80. The first-order chi connectivity index (χ1) is 12.5. The van der Waals surface area contributed by atoms with Gasteiger partial charge in [0, 0.05) is 11.1 Å². The minimum atomic E-state index is -0.720. The summed E-state index contributed by atoms with van der Waals surface area (Å²) in [5.74, 6) is -0.971. The van der Waals surface area contributed by atoms with Crippen molar-refractivity contribution >= 4 is 11.6 Å². The summed E-state index contributed by atoms with van der Waals surface area (Å²) in [6.45, 7) is 3.96. The van der Waals surface area contributed by atoms with Gasteiger partial charge in [0.2, 0.25) is 0 Å². The molecule has 0 saturated heterocycles. The average Bonchev–Trinajstić information content (AvgIpc) is 2.67. The molecule has 0 radical (unpaired) electrons. The number of aryl methyl sites for hydroxylation is 2. The standard InChI is InChI=1S/C24H22O2/c1-17-8-12-20(13-9-17)23(25)22(16-19-6-4-3-5-7-19)24(26)21-14-10-18(2)11-15-21/h3-15,22H,16H2,1-2H3. The minimum Gasteiger partial charge on any atom is -0.293 e. The fraction of sp³-hybridized carbons (Fsp3) is 0.167. The van der Waals surface area contributed by atoms with Gasteiger partial charge in [0.25, 0.3) is 0 Å². The van der Waals surface area contributed by atoms with Crippen LogP contribution in [0.25, 0.3) is 0 Å². The first kappa shape index (κ1) is 17.8. The Morgan fingerprint density at radius 2 is 1.08 bits per heavy atom. The van der Waals surface area contributed by atoms with Crippen LogP contribution in [0.3, 0.4) is 0 Å². The van der Waals surface area contributed by atoms with Crippen LogP contribution in [0.2, 0.25) is 0 Å². The minimum absolute atomic E-state index is 0.126. The molecule has 26 heavy (non-hydrogen) atoms. The van der Waals surface area contributed by atoms with Gasteiger partial charge in [-0.25, -0.2) is 0 Å². The third-order valence-corrected chi connectivity index (χ3v) is 4.59. The molecule has 0 spiro atoms. The second-order valence-electron chi connectivity index (χ2n) is 6.70. The van der Waals surface area contributed by atoms with Gasteiger partial charge in [-0.05, 0) is 25.8 Å². The molecule has 3 rings (SSSR count). The highest BCUT2D eigenvalue weighted by Crippen LogP contribution is 2.21. The van der Waals surface area contributed by atoms with E-state index in [2.05, 4.69) is 0 Å².